The minimum atomic E-state index is -0.0201. The molecule has 0 bridgehead atoms. The average Bonchev–Trinajstić information content (AvgIpc) is 3.24. The zero-order valence-corrected chi connectivity index (χ0v) is 12.2. The number of amides is 1. The van der Waals surface area contributed by atoms with Crippen LogP contribution < -0.4 is 11.1 Å². The fourth-order valence-corrected chi connectivity index (χ4v) is 2.37. The van der Waals surface area contributed by atoms with Crippen LogP contribution in [0.3, 0.4) is 0 Å². The van der Waals surface area contributed by atoms with Gasteiger partial charge in [0.15, 0.2) is 0 Å². The van der Waals surface area contributed by atoms with Crippen LogP contribution in [0.4, 0.5) is 0 Å². The molecule has 0 saturated heterocycles. The average molecular weight is 270 g/mol. The summed E-state index contributed by atoms with van der Waals surface area (Å²) in [6.45, 7) is 5.54. The Bertz CT molecular complexity index is 548. The van der Waals surface area contributed by atoms with E-state index >= 15 is 0 Å². The van der Waals surface area contributed by atoms with Crippen molar-refractivity contribution < 1.29 is 4.79 Å². The van der Waals surface area contributed by atoms with E-state index in [1.165, 1.54) is 12.8 Å². The number of carbonyl (C=O) groups excluding carboxylic acids is 1. The maximum absolute atomic E-state index is 12.2. The van der Waals surface area contributed by atoms with Gasteiger partial charge in [-0.25, -0.2) is 0 Å². The van der Waals surface area contributed by atoms with E-state index < -0.39 is 0 Å². The van der Waals surface area contributed by atoms with Crippen LogP contribution in [0.2, 0.25) is 0 Å². The van der Waals surface area contributed by atoms with Crippen molar-refractivity contribution in [1.29, 1.82) is 0 Å². The molecular weight excluding hydrogens is 248 g/mol. The quantitative estimate of drug-likeness (QED) is 0.824. The van der Waals surface area contributed by atoms with E-state index in [0.717, 1.165) is 12.1 Å². The zero-order valence-electron chi connectivity index (χ0n) is 12.2. The van der Waals surface area contributed by atoms with Crippen molar-refractivity contribution in [2.45, 2.75) is 26.7 Å². The molecule has 1 fully saturated rings. The molecule has 1 aliphatic rings. The molecule has 0 atom stereocenters. The third-order valence-electron chi connectivity index (χ3n) is 4.18. The number of benzene rings is 1. The van der Waals surface area contributed by atoms with E-state index in [9.17, 15) is 4.79 Å². The molecule has 0 unspecified atom stereocenters. The summed E-state index contributed by atoms with van der Waals surface area (Å²) in [4.78, 5) is 12.2. The molecule has 0 heterocycles. The summed E-state index contributed by atoms with van der Waals surface area (Å²) in [6.07, 6.45) is 2.43. The Labute approximate surface area is 120 Å². The molecule has 1 aromatic rings. The minimum Gasteiger partial charge on any atom is -0.351 e. The first-order valence-electron chi connectivity index (χ1n) is 7.14. The highest BCUT2D eigenvalue weighted by Crippen LogP contribution is 2.51. The maximum Gasteiger partial charge on any atom is 0.251 e. The molecule has 0 spiro atoms. The van der Waals surface area contributed by atoms with Gasteiger partial charge >= 0.3 is 0 Å². The van der Waals surface area contributed by atoms with Gasteiger partial charge in [0.05, 0.1) is 6.54 Å². The number of carbonyl (C=O) groups is 1. The van der Waals surface area contributed by atoms with Crippen molar-refractivity contribution in [2.24, 2.45) is 17.1 Å². The number of nitrogens with two attached hydrogens (primary N) is 1. The summed E-state index contributed by atoms with van der Waals surface area (Å²) >= 11 is 0. The number of nitrogens with one attached hydrogen (secondary N) is 1. The molecule has 3 N–H and O–H groups in total. The standard InChI is InChI=1S/C17H22N2O/c1-13(2)17(8-9-17)12-19-16(20)15-7-3-5-14(11-15)6-4-10-18/h3,5,7,11,13H,8-10,12,18H2,1-2H3,(H,19,20). The van der Waals surface area contributed by atoms with Crippen molar-refractivity contribution in [2.75, 3.05) is 13.1 Å². The van der Waals surface area contributed by atoms with Gasteiger partial charge in [0, 0.05) is 17.7 Å². The molecule has 0 radical (unpaired) electrons. The molecule has 1 aliphatic carbocycles. The summed E-state index contributed by atoms with van der Waals surface area (Å²) in [5.41, 5.74) is 7.17. The Kier molecular flexibility index (Phi) is 4.46. The highest BCUT2D eigenvalue weighted by atomic mass is 16.1. The summed E-state index contributed by atoms with van der Waals surface area (Å²) in [6, 6.07) is 7.37. The molecule has 1 aromatic carbocycles. The number of hydrogen-bond acceptors (Lipinski definition) is 2. The third-order valence-corrected chi connectivity index (χ3v) is 4.18. The topological polar surface area (TPSA) is 55.1 Å². The van der Waals surface area contributed by atoms with E-state index in [2.05, 4.69) is 31.0 Å². The molecule has 0 aromatic heterocycles. The molecule has 2 rings (SSSR count). The van der Waals surface area contributed by atoms with E-state index in [-0.39, 0.29) is 5.91 Å². The van der Waals surface area contributed by atoms with Crippen molar-refractivity contribution in [1.82, 2.24) is 5.32 Å². The van der Waals surface area contributed by atoms with Crippen LogP contribution in [-0.2, 0) is 0 Å². The van der Waals surface area contributed by atoms with Gasteiger partial charge in [-0.15, -0.1) is 0 Å². The summed E-state index contributed by atoms with van der Waals surface area (Å²) in [5, 5.41) is 3.05. The fourth-order valence-electron chi connectivity index (χ4n) is 2.37. The van der Waals surface area contributed by atoms with Gasteiger partial charge < -0.3 is 11.1 Å². The van der Waals surface area contributed by atoms with E-state index in [1.807, 2.05) is 24.3 Å². The predicted molar refractivity (Wildman–Crippen MR) is 81.2 cm³/mol. The Hall–Kier alpha value is -1.79. The van der Waals surface area contributed by atoms with Gasteiger partial charge in [0.1, 0.15) is 0 Å². The van der Waals surface area contributed by atoms with Crippen molar-refractivity contribution in [3.05, 3.63) is 35.4 Å². The molecular formula is C17H22N2O. The van der Waals surface area contributed by atoms with Gasteiger partial charge in [-0.1, -0.05) is 31.8 Å². The van der Waals surface area contributed by atoms with Crippen molar-refractivity contribution in [3.63, 3.8) is 0 Å². The first-order chi connectivity index (χ1) is 9.57. The zero-order chi connectivity index (χ0) is 14.6. The Morgan fingerprint density at radius 1 is 1.45 bits per heavy atom. The molecule has 3 nitrogen and oxygen atoms in total. The number of rotatable bonds is 4. The van der Waals surface area contributed by atoms with Gasteiger partial charge in [-0.2, -0.15) is 0 Å². The van der Waals surface area contributed by atoms with E-state index in [4.69, 9.17) is 5.73 Å². The molecule has 0 aliphatic heterocycles. The SMILES string of the molecule is CC(C)C1(CNC(=O)c2cccc(C#CCN)c2)CC1. The largest absolute Gasteiger partial charge is 0.351 e. The first kappa shape index (κ1) is 14.6. The smallest absolute Gasteiger partial charge is 0.251 e. The van der Waals surface area contributed by atoms with Crippen molar-refractivity contribution in [3.8, 4) is 11.8 Å². The van der Waals surface area contributed by atoms with E-state index in [1.54, 1.807) is 0 Å². The van der Waals surface area contributed by atoms with Gasteiger partial charge in [-0.05, 0) is 42.4 Å². The third kappa shape index (κ3) is 3.40. The van der Waals surface area contributed by atoms with Crippen molar-refractivity contribution >= 4 is 5.91 Å². The number of hydrogen-bond donors (Lipinski definition) is 2. The second kappa shape index (κ2) is 6.11. The molecule has 106 valence electrons. The Morgan fingerprint density at radius 3 is 2.80 bits per heavy atom. The lowest BCUT2D eigenvalue weighted by molar-refractivity contribution is 0.0939. The fraction of sp³-hybridized carbons (Fsp3) is 0.471. The van der Waals surface area contributed by atoms with Gasteiger partial charge in [0.25, 0.3) is 5.91 Å². The Morgan fingerprint density at radius 2 is 2.20 bits per heavy atom. The first-order valence-corrected chi connectivity index (χ1v) is 7.14. The molecule has 3 heteroatoms. The summed E-state index contributed by atoms with van der Waals surface area (Å²) < 4.78 is 0. The lowest BCUT2D eigenvalue weighted by Crippen LogP contribution is -2.32. The summed E-state index contributed by atoms with van der Waals surface area (Å²) in [7, 11) is 0. The monoisotopic (exact) mass is 270 g/mol. The maximum atomic E-state index is 12.2. The lowest BCUT2D eigenvalue weighted by Gasteiger charge is -2.20. The minimum absolute atomic E-state index is 0.0201. The molecule has 20 heavy (non-hydrogen) atoms. The Balaban J connectivity index is 1.99. The van der Waals surface area contributed by atoms with Crippen LogP contribution in [0.15, 0.2) is 24.3 Å². The normalized spacial score (nSPS) is 15.4. The van der Waals surface area contributed by atoms with Crippen LogP contribution in [0.1, 0.15) is 42.6 Å². The van der Waals surface area contributed by atoms with Gasteiger partial charge in [-0.3, -0.25) is 4.79 Å². The summed E-state index contributed by atoms with van der Waals surface area (Å²) in [5.74, 6) is 6.34. The molecule has 1 saturated carbocycles. The second-order valence-electron chi connectivity index (χ2n) is 5.79. The molecule has 1 amide bonds. The van der Waals surface area contributed by atoms with Crippen LogP contribution in [-0.4, -0.2) is 19.0 Å². The van der Waals surface area contributed by atoms with E-state index in [0.29, 0.717) is 23.4 Å². The van der Waals surface area contributed by atoms with Crippen LogP contribution in [0.25, 0.3) is 0 Å². The lowest BCUT2D eigenvalue weighted by atomic mass is 9.92. The van der Waals surface area contributed by atoms with Crippen LogP contribution in [0, 0.1) is 23.2 Å². The predicted octanol–water partition coefficient (Wildman–Crippen LogP) is 2.16. The second-order valence-corrected chi connectivity index (χ2v) is 5.79. The highest BCUT2D eigenvalue weighted by Gasteiger charge is 2.45. The van der Waals surface area contributed by atoms with Crippen LogP contribution in [0.5, 0.6) is 0 Å². The highest BCUT2D eigenvalue weighted by molar-refractivity contribution is 5.94. The van der Waals surface area contributed by atoms with Gasteiger partial charge in [0.2, 0.25) is 0 Å². The van der Waals surface area contributed by atoms with Crippen LogP contribution >= 0.6 is 0 Å².